The molecule has 1 saturated carbocycles. The second-order valence-corrected chi connectivity index (χ2v) is 10.8. The van der Waals surface area contributed by atoms with Gasteiger partial charge in [-0.25, -0.2) is 31.5 Å². The molecule has 0 spiro atoms. The molecule has 33 heavy (non-hydrogen) atoms. The third kappa shape index (κ3) is 5.72. The van der Waals surface area contributed by atoms with Crippen LogP contribution in [0.15, 0.2) is 24.7 Å². The van der Waals surface area contributed by atoms with Gasteiger partial charge in [-0.1, -0.05) is 0 Å². The van der Waals surface area contributed by atoms with E-state index in [1.165, 1.54) is 29.0 Å². The minimum atomic E-state index is -3.24. The van der Waals surface area contributed by atoms with Crippen LogP contribution in [0.1, 0.15) is 37.4 Å². The van der Waals surface area contributed by atoms with E-state index in [1.54, 1.807) is 4.90 Å². The van der Waals surface area contributed by atoms with Crippen LogP contribution in [-0.2, 0) is 22.5 Å². The van der Waals surface area contributed by atoms with Crippen molar-refractivity contribution in [2.24, 2.45) is 5.92 Å². The summed E-state index contributed by atoms with van der Waals surface area (Å²) in [6.45, 7) is 2.28. The van der Waals surface area contributed by atoms with Crippen LogP contribution < -0.4 is 10.2 Å². The summed E-state index contributed by atoms with van der Waals surface area (Å²) in [5, 5.41) is 3.00. The summed E-state index contributed by atoms with van der Waals surface area (Å²) in [6, 6.07) is 2.95. The normalized spacial score (nSPS) is 19.6. The number of pyridine rings is 1. The van der Waals surface area contributed by atoms with Crippen LogP contribution in [0.2, 0.25) is 0 Å². The summed E-state index contributed by atoms with van der Waals surface area (Å²) in [6.07, 6.45) is 6.04. The largest absolute Gasteiger partial charge is 0.367 e. The van der Waals surface area contributed by atoms with Crippen molar-refractivity contribution in [2.75, 3.05) is 36.1 Å². The number of rotatable bonds is 9. The Hall–Kier alpha value is -2.47. The van der Waals surface area contributed by atoms with E-state index in [4.69, 9.17) is 0 Å². The molecule has 1 saturated heterocycles. The van der Waals surface area contributed by atoms with E-state index in [1.807, 2.05) is 0 Å². The van der Waals surface area contributed by atoms with Gasteiger partial charge in [0.15, 0.2) is 11.6 Å². The van der Waals surface area contributed by atoms with Gasteiger partial charge < -0.3 is 10.2 Å². The molecule has 12 heteroatoms. The highest BCUT2D eigenvalue weighted by Crippen LogP contribution is 2.35. The fraction of sp³-hybridized carbons (Fsp3) is 0.571. The van der Waals surface area contributed by atoms with Crippen molar-refractivity contribution >= 4 is 21.7 Å². The van der Waals surface area contributed by atoms with E-state index in [-0.39, 0.29) is 35.7 Å². The van der Waals surface area contributed by atoms with Crippen molar-refractivity contribution in [1.82, 2.24) is 19.3 Å². The Morgan fingerprint density at radius 2 is 1.97 bits per heavy atom. The quantitative estimate of drug-likeness (QED) is 0.585. The second kappa shape index (κ2) is 9.05. The SMILES string of the molecule is CC(F)(F)c1ccc(CN(c2ncnc(NCC3CCN(S(C)(=O)=O)C3)c2F)C2CC2)nc1. The van der Waals surface area contributed by atoms with Gasteiger partial charge in [-0.15, -0.1) is 0 Å². The lowest BCUT2D eigenvalue weighted by molar-refractivity contribution is 0.0171. The highest BCUT2D eigenvalue weighted by Gasteiger charge is 2.34. The first-order chi connectivity index (χ1) is 15.5. The van der Waals surface area contributed by atoms with Crippen molar-refractivity contribution in [3.8, 4) is 0 Å². The second-order valence-electron chi connectivity index (χ2n) is 8.80. The number of hydrogen-bond acceptors (Lipinski definition) is 7. The molecule has 0 radical (unpaired) electrons. The highest BCUT2D eigenvalue weighted by molar-refractivity contribution is 7.88. The minimum Gasteiger partial charge on any atom is -0.367 e. The predicted molar refractivity (Wildman–Crippen MR) is 118 cm³/mol. The Labute approximate surface area is 191 Å². The van der Waals surface area contributed by atoms with Gasteiger partial charge in [-0.05, 0) is 37.3 Å². The smallest absolute Gasteiger partial charge is 0.272 e. The maximum absolute atomic E-state index is 15.3. The Kier molecular flexibility index (Phi) is 6.50. The molecule has 0 amide bonds. The third-order valence-corrected chi connectivity index (χ3v) is 7.24. The first-order valence-electron chi connectivity index (χ1n) is 10.8. The number of anilines is 2. The zero-order valence-electron chi connectivity index (χ0n) is 18.5. The molecule has 1 aliphatic heterocycles. The van der Waals surface area contributed by atoms with Crippen molar-refractivity contribution < 1.29 is 21.6 Å². The molecular weight excluding hydrogens is 457 g/mol. The topological polar surface area (TPSA) is 91.3 Å². The molecule has 8 nitrogen and oxygen atoms in total. The van der Waals surface area contributed by atoms with Crippen molar-refractivity contribution in [1.29, 1.82) is 0 Å². The number of halogens is 3. The Bertz CT molecular complexity index is 1090. The van der Waals surface area contributed by atoms with Gasteiger partial charge >= 0.3 is 0 Å². The molecule has 3 heterocycles. The number of aromatic nitrogens is 3. The summed E-state index contributed by atoms with van der Waals surface area (Å²) in [5.41, 5.74) is 0.361. The standard InChI is InChI=1S/C21H27F3N6O2S/c1-21(23,24)15-3-4-16(25-10-15)12-30(17-5-6-17)20-18(22)19(27-13-28-20)26-9-14-7-8-29(11-14)33(2,31)32/h3-4,10,13-14,17H,5-9,11-12H2,1-2H3,(H,26,27,28). The maximum atomic E-state index is 15.3. The van der Waals surface area contributed by atoms with Gasteiger partial charge in [-0.2, -0.15) is 4.39 Å². The van der Waals surface area contributed by atoms with Crippen LogP contribution >= 0.6 is 0 Å². The number of hydrogen-bond donors (Lipinski definition) is 1. The average molecular weight is 485 g/mol. The molecule has 2 aromatic heterocycles. The van der Waals surface area contributed by atoms with E-state index < -0.39 is 21.8 Å². The first kappa shape index (κ1) is 23.7. The molecule has 1 N–H and O–H groups in total. The Morgan fingerprint density at radius 1 is 1.21 bits per heavy atom. The molecule has 4 rings (SSSR count). The Balaban J connectivity index is 1.46. The summed E-state index contributed by atoms with van der Waals surface area (Å²) >= 11 is 0. The van der Waals surface area contributed by atoms with Gasteiger partial charge in [0, 0.05) is 44.4 Å². The fourth-order valence-electron chi connectivity index (χ4n) is 3.91. The van der Waals surface area contributed by atoms with Crippen LogP contribution in [0.5, 0.6) is 0 Å². The summed E-state index contributed by atoms with van der Waals surface area (Å²) in [5.74, 6) is -3.34. The van der Waals surface area contributed by atoms with Crippen LogP contribution in [-0.4, -0.2) is 59.6 Å². The number of sulfonamides is 1. The van der Waals surface area contributed by atoms with Crippen molar-refractivity contribution in [3.63, 3.8) is 0 Å². The first-order valence-corrected chi connectivity index (χ1v) is 12.7. The minimum absolute atomic E-state index is 0.0523. The summed E-state index contributed by atoms with van der Waals surface area (Å²) in [4.78, 5) is 14.1. The van der Waals surface area contributed by atoms with Crippen molar-refractivity contribution in [3.05, 3.63) is 41.7 Å². The van der Waals surface area contributed by atoms with Crippen LogP contribution in [0.25, 0.3) is 0 Å². The van der Waals surface area contributed by atoms with Crippen LogP contribution in [0.3, 0.4) is 0 Å². The van der Waals surface area contributed by atoms with Crippen molar-refractivity contribution in [2.45, 2.75) is 44.7 Å². The summed E-state index contributed by atoms with van der Waals surface area (Å²) in [7, 11) is -3.24. The lowest BCUT2D eigenvalue weighted by atomic mass is 10.1. The van der Waals surface area contributed by atoms with Gasteiger partial charge in [-0.3, -0.25) is 4.98 Å². The predicted octanol–water partition coefficient (Wildman–Crippen LogP) is 2.98. The molecule has 0 aromatic carbocycles. The molecule has 1 atom stereocenters. The highest BCUT2D eigenvalue weighted by atomic mass is 32.2. The van der Waals surface area contributed by atoms with E-state index in [9.17, 15) is 17.2 Å². The fourth-order valence-corrected chi connectivity index (χ4v) is 4.82. The molecule has 1 unspecified atom stereocenters. The van der Waals surface area contributed by atoms with Gasteiger partial charge in [0.2, 0.25) is 15.8 Å². The van der Waals surface area contributed by atoms with E-state index in [0.717, 1.165) is 26.0 Å². The molecular formula is C21H27F3N6O2S. The van der Waals surface area contributed by atoms with Gasteiger partial charge in [0.25, 0.3) is 5.92 Å². The lowest BCUT2D eigenvalue weighted by Crippen LogP contribution is -2.29. The Morgan fingerprint density at radius 3 is 2.55 bits per heavy atom. The average Bonchev–Trinajstić information content (AvgIpc) is 3.47. The monoisotopic (exact) mass is 484 g/mol. The zero-order valence-corrected chi connectivity index (χ0v) is 19.3. The number of alkyl halides is 2. The third-order valence-electron chi connectivity index (χ3n) is 5.97. The maximum Gasteiger partial charge on any atom is 0.272 e. The molecule has 2 aliphatic rings. The molecule has 1 aliphatic carbocycles. The zero-order chi connectivity index (χ0) is 23.8. The number of nitrogens with zero attached hydrogens (tertiary/aromatic N) is 5. The van der Waals surface area contributed by atoms with Crippen LogP contribution in [0, 0.1) is 11.7 Å². The molecule has 2 aromatic rings. The van der Waals surface area contributed by atoms with Gasteiger partial charge in [0.1, 0.15) is 6.33 Å². The molecule has 2 fully saturated rings. The van der Waals surface area contributed by atoms with Gasteiger partial charge in [0.05, 0.1) is 18.5 Å². The van der Waals surface area contributed by atoms with E-state index in [0.29, 0.717) is 31.7 Å². The van der Waals surface area contributed by atoms with E-state index >= 15 is 4.39 Å². The van der Waals surface area contributed by atoms with Crippen LogP contribution in [0.4, 0.5) is 24.8 Å². The number of nitrogens with one attached hydrogen (secondary N) is 1. The van der Waals surface area contributed by atoms with E-state index in [2.05, 4.69) is 20.3 Å². The summed E-state index contributed by atoms with van der Waals surface area (Å²) < 4.78 is 67.0. The molecule has 0 bridgehead atoms. The molecule has 180 valence electrons. The lowest BCUT2D eigenvalue weighted by Gasteiger charge is -2.24.